The lowest BCUT2D eigenvalue weighted by Gasteiger charge is -2.34. The molecule has 1 N–H and O–H groups in total. The second-order valence-electron chi connectivity index (χ2n) is 7.05. The van der Waals surface area contributed by atoms with Crippen molar-refractivity contribution in [2.45, 2.75) is 45.8 Å². The van der Waals surface area contributed by atoms with Gasteiger partial charge in [-0.05, 0) is 73.6 Å². The first-order valence-corrected chi connectivity index (χ1v) is 8.92. The molecular formula is C17H26BrN3O2. The number of rotatable bonds is 4. The third kappa shape index (κ3) is 6.47. The second kappa shape index (κ2) is 8.11. The molecule has 2 rings (SSSR count). The highest BCUT2D eigenvalue weighted by Crippen LogP contribution is 2.19. The minimum atomic E-state index is -0.434. The average Bonchev–Trinajstić information content (AvgIpc) is 2.48. The quantitative estimate of drug-likeness (QED) is 0.807. The molecule has 1 atom stereocenters. The molecular weight excluding hydrogens is 358 g/mol. The Hall–Kier alpha value is -1.14. The van der Waals surface area contributed by atoms with E-state index in [4.69, 9.17) is 4.74 Å². The molecule has 1 aromatic heterocycles. The van der Waals surface area contributed by atoms with Gasteiger partial charge in [0.2, 0.25) is 0 Å². The molecule has 0 radical (unpaired) electrons. The largest absolute Gasteiger partial charge is 0.444 e. The molecule has 1 aliphatic heterocycles. The Morgan fingerprint density at radius 3 is 2.91 bits per heavy atom. The monoisotopic (exact) mass is 383 g/mol. The zero-order valence-electron chi connectivity index (χ0n) is 14.1. The van der Waals surface area contributed by atoms with Gasteiger partial charge in [-0.3, -0.25) is 0 Å². The number of aromatic nitrogens is 1. The van der Waals surface area contributed by atoms with Crippen LogP contribution in [0.4, 0.5) is 4.79 Å². The number of piperidine rings is 1. The molecule has 1 aromatic rings. The number of amides is 1. The Kier molecular flexibility index (Phi) is 6.41. The Morgan fingerprint density at radius 2 is 2.26 bits per heavy atom. The number of pyridine rings is 1. The number of hydrogen-bond acceptors (Lipinski definition) is 4. The molecule has 23 heavy (non-hydrogen) atoms. The van der Waals surface area contributed by atoms with Crippen LogP contribution in [0.15, 0.2) is 22.9 Å². The van der Waals surface area contributed by atoms with E-state index in [2.05, 4.69) is 32.3 Å². The van der Waals surface area contributed by atoms with Gasteiger partial charge < -0.3 is 15.0 Å². The molecule has 0 saturated carbocycles. The van der Waals surface area contributed by atoms with Crippen LogP contribution in [0.2, 0.25) is 0 Å². The van der Waals surface area contributed by atoms with Gasteiger partial charge in [-0.25, -0.2) is 9.78 Å². The Labute approximate surface area is 146 Å². The predicted octanol–water partition coefficient (Wildman–Crippen LogP) is 3.58. The van der Waals surface area contributed by atoms with Crippen molar-refractivity contribution in [1.82, 2.24) is 15.2 Å². The first-order valence-electron chi connectivity index (χ1n) is 8.12. The maximum absolute atomic E-state index is 12.2. The van der Waals surface area contributed by atoms with Crippen molar-refractivity contribution in [3.8, 4) is 0 Å². The number of likely N-dealkylation sites (tertiary alicyclic amines) is 1. The van der Waals surface area contributed by atoms with Crippen molar-refractivity contribution >= 4 is 22.0 Å². The molecule has 5 nitrogen and oxygen atoms in total. The molecule has 1 unspecified atom stereocenters. The van der Waals surface area contributed by atoms with Gasteiger partial charge in [0.25, 0.3) is 0 Å². The molecule has 0 aromatic carbocycles. The van der Waals surface area contributed by atoms with Crippen LogP contribution >= 0.6 is 15.9 Å². The van der Waals surface area contributed by atoms with E-state index in [1.165, 1.54) is 0 Å². The zero-order valence-corrected chi connectivity index (χ0v) is 15.7. The van der Waals surface area contributed by atoms with Crippen molar-refractivity contribution < 1.29 is 9.53 Å². The van der Waals surface area contributed by atoms with Crippen LogP contribution in [-0.2, 0) is 11.3 Å². The number of carbonyl (C=O) groups is 1. The van der Waals surface area contributed by atoms with Gasteiger partial charge in [-0.2, -0.15) is 0 Å². The summed E-state index contributed by atoms with van der Waals surface area (Å²) >= 11 is 3.34. The van der Waals surface area contributed by atoms with Gasteiger partial charge in [0, 0.05) is 25.8 Å². The fourth-order valence-corrected chi connectivity index (χ4v) is 2.89. The molecule has 1 aliphatic rings. The average molecular weight is 384 g/mol. The third-order valence-corrected chi connectivity index (χ3v) is 4.19. The van der Waals surface area contributed by atoms with Crippen LogP contribution in [0.5, 0.6) is 0 Å². The Morgan fingerprint density at radius 1 is 1.48 bits per heavy atom. The van der Waals surface area contributed by atoms with Crippen LogP contribution in [-0.4, -0.2) is 41.2 Å². The molecule has 0 aliphatic carbocycles. The van der Waals surface area contributed by atoms with Gasteiger partial charge in [-0.15, -0.1) is 0 Å². The van der Waals surface area contributed by atoms with E-state index in [1.54, 1.807) is 0 Å². The molecule has 1 saturated heterocycles. The fraction of sp³-hybridized carbons (Fsp3) is 0.647. The lowest BCUT2D eigenvalue weighted by atomic mass is 9.98. The Balaban J connectivity index is 1.75. The van der Waals surface area contributed by atoms with Crippen molar-refractivity contribution in [2.75, 3.05) is 19.6 Å². The van der Waals surface area contributed by atoms with Crippen molar-refractivity contribution in [3.63, 3.8) is 0 Å². The van der Waals surface area contributed by atoms with E-state index in [1.807, 2.05) is 37.9 Å². The number of nitrogens with one attached hydrogen (secondary N) is 1. The number of nitrogens with zero attached hydrogens (tertiary/aromatic N) is 2. The van der Waals surface area contributed by atoms with Crippen LogP contribution in [0.1, 0.15) is 39.2 Å². The highest BCUT2D eigenvalue weighted by atomic mass is 79.9. The minimum Gasteiger partial charge on any atom is -0.444 e. The summed E-state index contributed by atoms with van der Waals surface area (Å²) in [6.07, 6.45) is 3.85. The zero-order chi connectivity index (χ0) is 16.9. The summed E-state index contributed by atoms with van der Waals surface area (Å²) in [5, 5.41) is 3.46. The van der Waals surface area contributed by atoms with Gasteiger partial charge in [0.05, 0.1) is 0 Å². The summed E-state index contributed by atoms with van der Waals surface area (Å²) in [7, 11) is 0. The summed E-state index contributed by atoms with van der Waals surface area (Å²) in [5.74, 6) is 0.472. The molecule has 128 valence electrons. The predicted molar refractivity (Wildman–Crippen MR) is 94.2 cm³/mol. The molecule has 1 amide bonds. The highest BCUT2D eigenvalue weighted by molar-refractivity contribution is 9.10. The van der Waals surface area contributed by atoms with E-state index in [0.717, 1.165) is 49.2 Å². The number of hydrogen-bond donors (Lipinski definition) is 1. The topological polar surface area (TPSA) is 54.5 Å². The van der Waals surface area contributed by atoms with Gasteiger partial charge in [-0.1, -0.05) is 6.07 Å². The Bertz CT molecular complexity index is 514. The van der Waals surface area contributed by atoms with Crippen LogP contribution in [0.25, 0.3) is 0 Å². The summed E-state index contributed by atoms with van der Waals surface area (Å²) in [4.78, 5) is 18.2. The maximum Gasteiger partial charge on any atom is 0.410 e. The van der Waals surface area contributed by atoms with E-state index in [0.29, 0.717) is 5.92 Å². The first kappa shape index (κ1) is 18.2. The maximum atomic E-state index is 12.2. The van der Waals surface area contributed by atoms with E-state index >= 15 is 0 Å². The minimum absolute atomic E-state index is 0.195. The van der Waals surface area contributed by atoms with Crippen LogP contribution in [0.3, 0.4) is 0 Å². The normalized spacial score (nSPS) is 18.8. The molecule has 0 spiro atoms. The van der Waals surface area contributed by atoms with Crippen molar-refractivity contribution in [1.29, 1.82) is 0 Å². The third-order valence-electron chi connectivity index (χ3n) is 3.72. The van der Waals surface area contributed by atoms with Crippen LogP contribution < -0.4 is 5.32 Å². The lowest BCUT2D eigenvalue weighted by Crippen LogP contribution is -2.45. The molecule has 2 heterocycles. The smallest absolute Gasteiger partial charge is 0.410 e. The summed E-state index contributed by atoms with van der Waals surface area (Å²) < 4.78 is 6.31. The van der Waals surface area contributed by atoms with Gasteiger partial charge >= 0.3 is 6.09 Å². The lowest BCUT2D eigenvalue weighted by molar-refractivity contribution is 0.0166. The van der Waals surface area contributed by atoms with Crippen molar-refractivity contribution in [3.05, 3.63) is 28.5 Å². The summed E-state index contributed by atoms with van der Waals surface area (Å²) in [5.41, 5.74) is 0.727. The number of ether oxygens (including phenoxy) is 1. The summed E-state index contributed by atoms with van der Waals surface area (Å²) in [6, 6.07) is 4.00. The number of carbonyl (C=O) groups excluding carboxylic acids is 1. The SMILES string of the molecule is CC(C)(C)OC(=O)N1CCCC(CNCc2ccc(Br)nc2)C1. The van der Waals surface area contributed by atoms with Gasteiger partial charge in [0.15, 0.2) is 0 Å². The van der Waals surface area contributed by atoms with E-state index in [-0.39, 0.29) is 6.09 Å². The number of halogens is 1. The van der Waals surface area contributed by atoms with E-state index in [9.17, 15) is 4.79 Å². The molecule has 6 heteroatoms. The first-order chi connectivity index (χ1) is 10.8. The highest BCUT2D eigenvalue weighted by Gasteiger charge is 2.27. The summed E-state index contributed by atoms with van der Waals surface area (Å²) in [6.45, 7) is 8.96. The second-order valence-corrected chi connectivity index (χ2v) is 7.87. The fourth-order valence-electron chi connectivity index (χ4n) is 2.66. The van der Waals surface area contributed by atoms with Gasteiger partial charge in [0.1, 0.15) is 10.2 Å². The molecule has 1 fully saturated rings. The van der Waals surface area contributed by atoms with Crippen LogP contribution in [0, 0.1) is 5.92 Å². The van der Waals surface area contributed by atoms with Crippen molar-refractivity contribution in [2.24, 2.45) is 5.92 Å². The van der Waals surface area contributed by atoms with E-state index < -0.39 is 5.60 Å². The standard InChI is InChI=1S/C17H26BrN3O2/c1-17(2,3)23-16(22)21-8-4-5-14(12-21)10-19-9-13-6-7-15(18)20-11-13/h6-7,11,14,19H,4-5,8-10,12H2,1-3H3. The molecule has 0 bridgehead atoms.